The topological polar surface area (TPSA) is 38.7 Å². The van der Waals surface area contributed by atoms with Crippen LogP contribution in [0.1, 0.15) is 39.4 Å². The first kappa shape index (κ1) is 14.0. The lowest BCUT2D eigenvalue weighted by Crippen LogP contribution is -2.20. The lowest BCUT2D eigenvalue weighted by atomic mass is 10.0. The fourth-order valence-corrected chi connectivity index (χ4v) is 1.69. The summed E-state index contributed by atoms with van der Waals surface area (Å²) >= 11 is 0. The number of para-hydroxylation sites is 1. The molecule has 0 aliphatic rings. The zero-order valence-corrected chi connectivity index (χ0v) is 11.0. The molecule has 1 rings (SSSR count). The minimum Gasteiger partial charge on any atom is -0.491 e. The van der Waals surface area contributed by atoms with Crippen LogP contribution in [0.25, 0.3) is 0 Å². The zero-order chi connectivity index (χ0) is 12.8. The van der Waals surface area contributed by atoms with Crippen LogP contribution in [-0.2, 0) is 4.74 Å². The van der Waals surface area contributed by atoms with Gasteiger partial charge in [-0.05, 0) is 33.8 Å². The summed E-state index contributed by atoms with van der Waals surface area (Å²) in [5.41, 5.74) is 0.780. The fourth-order valence-electron chi connectivity index (χ4n) is 1.69. The standard InChI is InChI=1S/C14H22O3/c1-5-16-11(4)14(15)12-8-6-7-9-13(12)17-10(2)3/h6-11,14-15H,5H2,1-4H3. The lowest BCUT2D eigenvalue weighted by molar-refractivity contribution is -0.0241. The van der Waals surface area contributed by atoms with E-state index in [4.69, 9.17) is 9.47 Å². The van der Waals surface area contributed by atoms with Crippen LogP contribution in [0.3, 0.4) is 0 Å². The molecule has 96 valence electrons. The first-order valence-electron chi connectivity index (χ1n) is 6.11. The lowest BCUT2D eigenvalue weighted by Gasteiger charge is -2.22. The monoisotopic (exact) mass is 238 g/mol. The molecule has 0 aliphatic carbocycles. The van der Waals surface area contributed by atoms with Crippen molar-refractivity contribution in [2.24, 2.45) is 0 Å². The number of aliphatic hydroxyl groups is 1. The van der Waals surface area contributed by atoms with Crippen molar-refractivity contribution in [3.63, 3.8) is 0 Å². The molecule has 0 radical (unpaired) electrons. The summed E-state index contributed by atoms with van der Waals surface area (Å²) in [5.74, 6) is 0.724. The van der Waals surface area contributed by atoms with Gasteiger partial charge in [0.25, 0.3) is 0 Å². The van der Waals surface area contributed by atoms with Crippen LogP contribution in [0.4, 0.5) is 0 Å². The second-order valence-corrected chi connectivity index (χ2v) is 4.31. The summed E-state index contributed by atoms with van der Waals surface area (Å²) in [6, 6.07) is 7.54. The molecule has 0 saturated carbocycles. The van der Waals surface area contributed by atoms with Crippen molar-refractivity contribution in [1.82, 2.24) is 0 Å². The summed E-state index contributed by atoms with van der Waals surface area (Å²) in [5, 5.41) is 10.2. The Hall–Kier alpha value is -1.06. The van der Waals surface area contributed by atoms with Crippen molar-refractivity contribution in [1.29, 1.82) is 0 Å². The molecule has 1 N–H and O–H groups in total. The third-order valence-electron chi connectivity index (χ3n) is 2.47. The molecule has 1 aromatic carbocycles. The molecule has 1 aromatic rings. The van der Waals surface area contributed by atoms with Gasteiger partial charge in [0.05, 0.1) is 12.2 Å². The molecule has 0 spiro atoms. The molecule has 3 nitrogen and oxygen atoms in total. The average Bonchev–Trinajstić information content (AvgIpc) is 2.28. The third-order valence-corrected chi connectivity index (χ3v) is 2.47. The van der Waals surface area contributed by atoms with Crippen molar-refractivity contribution in [2.45, 2.75) is 46.0 Å². The molecule has 0 aliphatic heterocycles. The minimum absolute atomic E-state index is 0.0887. The van der Waals surface area contributed by atoms with E-state index in [2.05, 4.69) is 0 Å². The van der Waals surface area contributed by atoms with Gasteiger partial charge in [-0.25, -0.2) is 0 Å². The SMILES string of the molecule is CCOC(C)C(O)c1ccccc1OC(C)C. The van der Waals surface area contributed by atoms with Gasteiger partial charge in [0, 0.05) is 12.2 Å². The maximum atomic E-state index is 10.2. The molecule has 2 atom stereocenters. The Kier molecular flexibility index (Phi) is 5.45. The Bertz CT molecular complexity index is 336. The van der Waals surface area contributed by atoms with Crippen LogP contribution in [0.5, 0.6) is 5.75 Å². The van der Waals surface area contributed by atoms with Crippen LogP contribution in [0.2, 0.25) is 0 Å². The Morgan fingerprint density at radius 2 is 1.82 bits per heavy atom. The number of aliphatic hydroxyl groups excluding tert-OH is 1. The molecular formula is C14H22O3. The van der Waals surface area contributed by atoms with Gasteiger partial charge >= 0.3 is 0 Å². The third kappa shape index (κ3) is 4.02. The summed E-state index contributed by atoms with van der Waals surface area (Å²) in [7, 11) is 0. The highest BCUT2D eigenvalue weighted by atomic mass is 16.5. The van der Waals surface area contributed by atoms with Gasteiger partial charge in [0.15, 0.2) is 0 Å². The maximum absolute atomic E-state index is 10.2. The highest BCUT2D eigenvalue weighted by Crippen LogP contribution is 2.28. The van der Waals surface area contributed by atoms with E-state index >= 15 is 0 Å². The minimum atomic E-state index is -0.662. The molecule has 0 heterocycles. The van der Waals surface area contributed by atoms with Gasteiger partial charge in [0.2, 0.25) is 0 Å². The van der Waals surface area contributed by atoms with Gasteiger partial charge in [-0.1, -0.05) is 18.2 Å². The van der Waals surface area contributed by atoms with Crippen LogP contribution < -0.4 is 4.74 Å². The fraction of sp³-hybridized carbons (Fsp3) is 0.571. The second-order valence-electron chi connectivity index (χ2n) is 4.31. The number of hydrogen-bond donors (Lipinski definition) is 1. The highest BCUT2D eigenvalue weighted by Gasteiger charge is 2.20. The summed E-state index contributed by atoms with van der Waals surface area (Å²) in [6.45, 7) is 8.30. The first-order chi connectivity index (χ1) is 8.06. The quantitative estimate of drug-likeness (QED) is 0.828. The molecule has 0 bridgehead atoms. The van der Waals surface area contributed by atoms with Gasteiger partial charge < -0.3 is 14.6 Å². The number of rotatable bonds is 6. The van der Waals surface area contributed by atoms with Crippen molar-refractivity contribution < 1.29 is 14.6 Å². The predicted molar refractivity (Wildman–Crippen MR) is 68.3 cm³/mol. The predicted octanol–water partition coefficient (Wildman–Crippen LogP) is 2.93. The molecule has 17 heavy (non-hydrogen) atoms. The van der Waals surface area contributed by atoms with Crippen molar-refractivity contribution in [3.8, 4) is 5.75 Å². The van der Waals surface area contributed by atoms with Gasteiger partial charge in [-0.2, -0.15) is 0 Å². The second kappa shape index (κ2) is 6.62. The Morgan fingerprint density at radius 1 is 1.18 bits per heavy atom. The maximum Gasteiger partial charge on any atom is 0.125 e. The van der Waals surface area contributed by atoms with E-state index in [-0.39, 0.29) is 12.2 Å². The van der Waals surface area contributed by atoms with E-state index in [0.717, 1.165) is 11.3 Å². The van der Waals surface area contributed by atoms with E-state index in [9.17, 15) is 5.11 Å². The molecule has 0 amide bonds. The van der Waals surface area contributed by atoms with Crippen molar-refractivity contribution in [3.05, 3.63) is 29.8 Å². The molecule has 0 aromatic heterocycles. The zero-order valence-electron chi connectivity index (χ0n) is 11.0. The number of hydrogen-bond acceptors (Lipinski definition) is 3. The van der Waals surface area contributed by atoms with E-state index in [1.807, 2.05) is 52.0 Å². The van der Waals surface area contributed by atoms with E-state index in [0.29, 0.717) is 6.61 Å². The molecule has 0 saturated heterocycles. The van der Waals surface area contributed by atoms with Crippen LogP contribution in [0.15, 0.2) is 24.3 Å². The van der Waals surface area contributed by atoms with Crippen LogP contribution in [-0.4, -0.2) is 23.9 Å². The van der Waals surface area contributed by atoms with E-state index < -0.39 is 6.10 Å². The van der Waals surface area contributed by atoms with Gasteiger partial charge in [-0.15, -0.1) is 0 Å². The largest absolute Gasteiger partial charge is 0.491 e. The summed E-state index contributed by atoms with van der Waals surface area (Å²) < 4.78 is 11.1. The highest BCUT2D eigenvalue weighted by molar-refractivity contribution is 5.35. The average molecular weight is 238 g/mol. The molecule has 0 fully saturated rings. The number of ether oxygens (including phenoxy) is 2. The summed E-state index contributed by atoms with van der Waals surface area (Å²) in [6.07, 6.45) is -0.812. The first-order valence-corrected chi connectivity index (χ1v) is 6.11. The number of benzene rings is 1. The molecular weight excluding hydrogens is 216 g/mol. The summed E-state index contributed by atoms with van der Waals surface area (Å²) in [4.78, 5) is 0. The Morgan fingerprint density at radius 3 is 2.41 bits per heavy atom. The van der Waals surface area contributed by atoms with Crippen LogP contribution >= 0.6 is 0 Å². The van der Waals surface area contributed by atoms with Crippen molar-refractivity contribution >= 4 is 0 Å². The van der Waals surface area contributed by atoms with E-state index in [1.165, 1.54) is 0 Å². The Labute approximate surface area is 103 Å². The van der Waals surface area contributed by atoms with Gasteiger partial charge in [0.1, 0.15) is 11.9 Å². The Balaban J connectivity index is 2.88. The molecule has 3 heteroatoms. The van der Waals surface area contributed by atoms with Crippen LogP contribution in [0, 0.1) is 0 Å². The van der Waals surface area contributed by atoms with Gasteiger partial charge in [-0.3, -0.25) is 0 Å². The van der Waals surface area contributed by atoms with E-state index in [1.54, 1.807) is 0 Å². The normalized spacial score (nSPS) is 14.7. The smallest absolute Gasteiger partial charge is 0.125 e. The van der Waals surface area contributed by atoms with Crippen molar-refractivity contribution in [2.75, 3.05) is 6.61 Å². The molecule has 2 unspecified atom stereocenters.